The maximum absolute atomic E-state index is 13.5. The zero-order valence-electron chi connectivity index (χ0n) is 13.7. The molecule has 1 amide bonds. The quantitative estimate of drug-likeness (QED) is 0.816. The Hall–Kier alpha value is -1.38. The van der Waals surface area contributed by atoms with Crippen molar-refractivity contribution < 1.29 is 17.6 Å². The number of piperidine rings is 1. The maximum atomic E-state index is 13.5. The molecular formula is C15H23ClFN3O3S. The summed E-state index contributed by atoms with van der Waals surface area (Å²) in [4.78, 5) is 14.3. The molecule has 0 aliphatic carbocycles. The number of halogens is 2. The van der Waals surface area contributed by atoms with E-state index in [1.807, 2.05) is 7.05 Å². The molecule has 1 aromatic rings. The summed E-state index contributed by atoms with van der Waals surface area (Å²) in [5, 5.41) is 3.13. The van der Waals surface area contributed by atoms with E-state index in [1.54, 1.807) is 4.90 Å². The highest BCUT2D eigenvalue weighted by atomic mass is 35.5. The Bertz CT molecular complexity index is 677. The predicted molar refractivity (Wildman–Crippen MR) is 94.7 cm³/mol. The largest absolute Gasteiger partial charge is 0.339 e. The zero-order valence-corrected chi connectivity index (χ0v) is 15.3. The lowest BCUT2D eigenvalue weighted by Gasteiger charge is -2.32. The minimum absolute atomic E-state index is 0. The minimum Gasteiger partial charge on any atom is -0.339 e. The number of benzene rings is 1. The number of amides is 1. The van der Waals surface area contributed by atoms with Crippen LogP contribution in [0.5, 0.6) is 0 Å². The van der Waals surface area contributed by atoms with E-state index in [4.69, 9.17) is 0 Å². The van der Waals surface area contributed by atoms with Gasteiger partial charge in [0.25, 0.3) is 5.91 Å². The van der Waals surface area contributed by atoms with E-state index in [0.717, 1.165) is 37.8 Å². The summed E-state index contributed by atoms with van der Waals surface area (Å²) >= 11 is 0. The number of likely N-dealkylation sites (tertiary alicyclic amines) is 1. The lowest BCUT2D eigenvalue weighted by molar-refractivity contribution is 0.0691. The van der Waals surface area contributed by atoms with Crippen molar-refractivity contribution in [3.05, 3.63) is 29.6 Å². The number of nitrogens with zero attached hydrogens (tertiary/aromatic N) is 1. The third-order valence-electron chi connectivity index (χ3n) is 3.90. The van der Waals surface area contributed by atoms with Gasteiger partial charge in [-0.3, -0.25) is 9.52 Å². The summed E-state index contributed by atoms with van der Waals surface area (Å²) in [6.45, 7) is 2.07. The summed E-state index contributed by atoms with van der Waals surface area (Å²) < 4.78 is 38.6. The number of anilines is 1. The number of sulfonamides is 1. The number of hydrogen-bond donors (Lipinski definition) is 2. The molecule has 24 heavy (non-hydrogen) atoms. The van der Waals surface area contributed by atoms with Crippen molar-refractivity contribution in [2.45, 2.75) is 12.8 Å². The first-order valence-electron chi connectivity index (χ1n) is 7.51. The van der Waals surface area contributed by atoms with Gasteiger partial charge in [-0.25, -0.2) is 12.8 Å². The molecule has 1 saturated heterocycles. The molecule has 1 fully saturated rings. The average molecular weight is 380 g/mol. The fourth-order valence-corrected chi connectivity index (χ4v) is 3.36. The zero-order chi connectivity index (χ0) is 17.0. The van der Waals surface area contributed by atoms with Crippen LogP contribution in [0.1, 0.15) is 23.2 Å². The highest BCUT2D eigenvalue weighted by molar-refractivity contribution is 7.92. The summed E-state index contributed by atoms with van der Waals surface area (Å²) in [5.41, 5.74) is 0.152. The molecule has 0 spiro atoms. The van der Waals surface area contributed by atoms with Crippen LogP contribution in [0.4, 0.5) is 10.1 Å². The van der Waals surface area contributed by atoms with Crippen LogP contribution in [0.3, 0.4) is 0 Å². The van der Waals surface area contributed by atoms with Crippen molar-refractivity contribution in [2.24, 2.45) is 5.92 Å². The lowest BCUT2D eigenvalue weighted by Crippen LogP contribution is -2.40. The van der Waals surface area contributed by atoms with Crippen molar-refractivity contribution >= 4 is 34.0 Å². The fraction of sp³-hybridized carbons (Fsp3) is 0.533. The van der Waals surface area contributed by atoms with Gasteiger partial charge in [-0.1, -0.05) is 0 Å². The first kappa shape index (κ1) is 20.7. The third kappa shape index (κ3) is 5.61. The summed E-state index contributed by atoms with van der Waals surface area (Å²) in [5.74, 6) is -0.402. The van der Waals surface area contributed by atoms with E-state index in [1.165, 1.54) is 6.07 Å². The topological polar surface area (TPSA) is 78.5 Å². The molecule has 0 radical (unpaired) electrons. The Balaban J connectivity index is 0.00000288. The second-order valence-electron chi connectivity index (χ2n) is 5.86. The van der Waals surface area contributed by atoms with Crippen LogP contribution in [0.25, 0.3) is 0 Å². The van der Waals surface area contributed by atoms with Gasteiger partial charge in [0.2, 0.25) is 10.0 Å². The molecule has 1 aromatic carbocycles. The smallest absolute Gasteiger partial charge is 0.256 e. The Labute approximate surface area is 148 Å². The van der Waals surface area contributed by atoms with Gasteiger partial charge in [-0.05, 0) is 50.6 Å². The second kappa shape index (κ2) is 8.64. The molecule has 6 nitrogen and oxygen atoms in total. The first-order chi connectivity index (χ1) is 10.8. The Kier molecular flexibility index (Phi) is 7.44. The van der Waals surface area contributed by atoms with Crippen LogP contribution in [0, 0.1) is 11.7 Å². The average Bonchev–Trinajstić information content (AvgIpc) is 2.48. The van der Waals surface area contributed by atoms with E-state index in [-0.39, 0.29) is 29.6 Å². The van der Waals surface area contributed by atoms with E-state index < -0.39 is 15.8 Å². The SMILES string of the molecule is CNCC1CCN(C(=O)c2cc(F)ccc2NS(C)(=O)=O)CC1.Cl. The van der Waals surface area contributed by atoms with Crippen LogP contribution in [0.2, 0.25) is 0 Å². The second-order valence-corrected chi connectivity index (χ2v) is 7.61. The van der Waals surface area contributed by atoms with Gasteiger partial charge in [0.05, 0.1) is 17.5 Å². The van der Waals surface area contributed by atoms with Gasteiger partial charge in [0.1, 0.15) is 5.82 Å². The van der Waals surface area contributed by atoms with Crippen molar-refractivity contribution in [1.82, 2.24) is 10.2 Å². The van der Waals surface area contributed by atoms with Gasteiger partial charge in [0.15, 0.2) is 0 Å². The van der Waals surface area contributed by atoms with E-state index >= 15 is 0 Å². The van der Waals surface area contributed by atoms with Crippen molar-refractivity contribution in [3.8, 4) is 0 Å². The molecule has 0 unspecified atom stereocenters. The van der Waals surface area contributed by atoms with Gasteiger partial charge in [-0.2, -0.15) is 0 Å². The van der Waals surface area contributed by atoms with Crippen LogP contribution >= 0.6 is 12.4 Å². The molecule has 1 heterocycles. The molecule has 1 aliphatic heterocycles. The van der Waals surface area contributed by atoms with Crippen LogP contribution in [0.15, 0.2) is 18.2 Å². The lowest BCUT2D eigenvalue weighted by atomic mass is 9.96. The monoisotopic (exact) mass is 379 g/mol. The fourth-order valence-electron chi connectivity index (χ4n) is 2.78. The molecule has 0 saturated carbocycles. The van der Waals surface area contributed by atoms with Crippen molar-refractivity contribution in [2.75, 3.05) is 37.7 Å². The molecule has 0 aromatic heterocycles. The number of carbonyl (C=O) groups is 1. The van der Waals surface area contributed by atoms with Crippen molar-refractivity contribution in [3.63, 3.8) is 0 Å². The summed E-state index contributed by atoms with van der Waals surface area (Å²) in [6.07, 6.45) is 2.74. The van der Waals surface area contributed by atoms with Gasteiger partial charge < -0.3 is 10.2 Å². The standard InChI is InChI=1S/C15H22FN3O3S.ClH/c1-17-10-11-5-7-19(8-6-11)15(20)13-9-12(16)3-4-14(13)18-23(2,21)22;/h3-4,9,11,17-18H,5-8,10H2,1-2H3;1H. The van der Waals surface area contributed by atoms with Crippen molar-refractivity contribution in [1.29, 1.82) is 0 Å². The van der Waals surface area contributed by atoms with E-state index in [9.17, 15) is 17.6 Å². The van der Waals surface area contributed by atoms with Gasteiger partial charge >= 0.3 is 0 Å². The molecule has 136 valence electrons. The highest BCUT2D eigenvalue weighted by Gasteiger charge is 2.25. The maximum Gasteiger partial charge on any atom is 0.256 e. The number of rotatable bonds is 5. The number of carbonyl (C=O) groups excluding carboxylic acids is 1. The Morgan fingerprint density at radius 2 is 1.96 bits per heavy atom. The van der Waals surface area contributed by atoms with Crippen LogP contribution in [-0.4, -0.2) is 52.2 Å². The molecule has 1 aliphatic rings. The normalized spacial score (nSPS) is 15.7. The third-order valence-corrected chi connectivity index (χ3v) is 4.49. The molecule has 2 N–H and O–H groups in total. The van der Waals surface area contributed by atoms with E-state index in [0.29, 0.717) is 19.0 Å². The first-order valence-corrected chi connectivity index (χ1v) is 9.40. The summed E-state index contributed by atoms with van der Waals surface area (Å²) in [6, 6.07) is 3.48. The molecule has 2 rings (SSSR count). The highest BCUT2D eigenvalue weighted by Crippen LogP contribution is 2.23. The molecular weight excluding hydrogens is 357 g/mol. The predicted octanol–water partition coefficient (Wildman–Crippen LogP) is 1.69. The van der Waals surface area contributed by atoms with Gasteiger partial charge in [-0.15, -0.1) is 12.4 Å². The molecule has 9 heteroatoms. The van der Waals surface area contributed by atoms with Gasteiger partial charge in [0, 0.05) is 13.1 Å². The summed E-state index contributed by atoms with van der Waals surface area (Å²) in [7, 11) is -1.65. The van der Waals surface area contributed by atoms with E-state index in [2.05, 4.69) is 10.0 Å². The molecule has 0 bridgehead atoms. The minimum atomic E-state index is -3.54. The Morgan fingerprint density at radius 3 is 2.50 bits per heavy atom. The number of nitrogens with one attached hydrogen (secondary N) is 2. The van der Waals surface area contributed by atoms with Crippen LogP contribution in [-0.2, 0) is 10.0 Å². The Morgan fingerprint density at radius 1 is 1.33 bits per heavy atom. The molecule has 0 atom stereocenters. The number of hydrogen-bond acceptors (Lipinski definition) is 4. The van der Waals surface area contributed by atoms with Crippen LogP contribution < -0.4 is 10.0 Å².